The zero-order valence-electron chi connectivity index (χ0n) is 15.5. The average molecular weight is 352 g/mol. The summed E-state index contributed by atoms with van der Waals surface area (Å²) in [6.45, 7) is 7.65. The number of aromatic nitrogens is 4. The van der Waals surface area contributed by atoms with Crippen LogP contribution in [0.5, 0.6) is 0 Å². The Kier molecular flexibility index (Phi) is 4.01. The zero-order valence-corrected chi connectivity index (χ0v) is 15.5. The molecule has 26 heavy (non-hydrogen) atoms. The molecule has 3 aromatic rings. The van der Waals surface area contributed by atoms with Gasteiger partial charge in [0.25, 0.3) is 0 Å². The van der Waals surface area contributed by atoms with Gasteiger partial charge in [-0.3, -0.25) is 4.79 Å². The summed E-state index contributed by atoms with van der Waals surface area (Å²) in [4.78, 5) is 23.3. The fourth-order valence-corrected chi connectivity index (χ4v) is 3.88. The van der Waals surface area contributed by atoms with Gasteiger partial charge >= 0.3 is 0 Å². The first kappa shape index (κ1) is 16.8. The van der Waals surface area contributed by atoms with E-state index >= 15 is 0 Å². The molecule has 7 heteroatoms. The van der Waals surface area contributed by atoms with E-state index in [9.17, 15) is 4.79 Å². The van der Waals surface area contributed by atoms with Crippen molar-refractivity contribution in [2.75, 3.05) is 18.0 Å². The van der Waals surface area contributed by atoms with Crippen LogP contribution in [0, 0.1) is 19.8 Å². The van der Waals surface area contributed by atoms with Gasteiger partial charge in [0, 0.05) is 30.5 Å². The van der Waals surface area contributed by atoms with E-state index in [0.717, 1.165) is 59.6 Å². The molecule has 0 radical (unpaired) electrons. The molecule has 0 spiro atoms. The maximum atomic E-state index is 11.7. The number of hydrogen-bond donors (Lipinski definition) is 1. The molecule has 4 rings (SSSR count). The molecule has 1 aliphatic rings. The summed E-state index contributed by atoms with van der Waals surface area (Å²) in [5.41, 5.74) is 10.2. The monoisotopic (exact) mass is 352 g/mol. The van der Waals surface area contributed by atoms with Crippen molar-refractivity contribution < 1.29 is 4.79 Å². The minimum absolute atomic E-state index is 0.121. The van der Waals surface area contributed by atoms with Gasteiger partial charge in [-0.25, -0.2) is 9.97 Å². The highest BCUT2D eigenvalue weighted by Gasteiger charge is 2.26. The lowest BCUT2D eigenvalue weighted by atomic mass is 9.97. The first-order valence-electron chi connectivity index (χ1n) is 9.18. The van der Waals surface area contributed by atoms with Crippen LogP contribution in [0.2, 0.25) is 0 Å². The minimum atomic E-state index is -0.227. The predicted molar refractivity (Wildman–Crippen MR) is 101 cm³/mol. The lowest BCUT2D eigenvalue weighted by Gasteiger charge is -2.33. The fourth-order valence-electron chi connectivity index (χ4n) is 3.88. The highest BCUT2D eigenvalue weighted by atomic mass is 16.1. The van der Waals surface area contributed by atoms with Crippen molar-refractivity contribution in [1.82, 2.24) is 19.6 Å². The Balaban J connectivity index is 1.93. The molecule has 1 amide bonds. The number of amides is 1. The van der Waals surface area contributed by atoms with Gasteiger partial charge < -0.3 is 10.6 Å². The van der Waals surface area contributed by atoms with E-state index in [0.29, 0.717) is 12.2 Å². The molecule has 1 fully saturated rings. The molecule has 0 aromatic carbocycles. The smallest absolute Gasteiger partial charge is 0.222 e. The maximum absolute atomic E-state index is 11.7. The summed E-state index contributed by atoms with van der Waals surface area (Å²) >= 11 is 0. The average Bonchev–Trinajstić information content (AvgIpc) is 2.99. The molecule has 2 N–H and O–H groups in total. The fraction of sp³-hybridized carbons (Fsp3) is 0.474. The Labute approximate surface area is 152 Å². The molecular weight excluding hydrogens is 328 g/mol. The van der Waals surface area contributed by atoms with Crippen molar-refractivity contribution in [2.24, 2.45) is 11.7 Å². The molecule has 3 aromatic heterocycles. The van der Waals surface area contributed by atoms with Crippen molar-refractivity contribution in [3.8, 4) is 0 Å². The molecular formula is C19H24N6O. The first-order chi connectivity index (χ1) is 12.5. The molecule has 0 bridgehead atoms. The SMILES string of the molecule is CCc1cc(N2CCCC(C(N)=O)C2)n2nc3nc(C)cc(C)c3c2n1. The predicted octanol–water partition coefficient (Wildman–Crippen LogP) is 2.16. The number of aryl methyl sites for hydroxylation is 3. The highest BCUT2D eigenvalue weighted by molar-refractivity contribution is 5.93. The standard InChI is InChI=1S/C19H24N6O/c1-4-14-9-15(24-7-5-6-13(10-24)17(20)26)25-19(22-14)16-11(2)8-12(3)21-18(16)23-25/h8-9,13H,4-7,10H2,1-3H3,(H2,20,26). The molecule has 1 unspecified atom stereocenters. The molecule has 1 saturated heterocycles. The van der Waals surface area contributed by atoms with Gasteiger partial charge in [0.1, 0.15) is 5.82 Å². The number of primary amides is 1. The maximum Gasteiger partial charge on any atom is 0.222 e. The zero-order chi connectivity index (χ0) is 18.4. The highest BCUT2D eigenvalue weighted by Crippen LogP contribution is 2.29. The van der Waals surface area contributed by atoms with Gasteiger partial charge in [-0.15, -0.1) is 5.10 Å². The van der Waals surface area contributed by atoms with Crippen LogP contribution in [0.15, 0.2) is 12.1 Å². The normalized spacial score (nSPS) is 18.0. The van der Waals surface area contributed by atoms with Gasteiger partial charge in [0.05, 0.1) is 11.3 Å². The minimum Gasteiger partial charge on any atom is -0.369 e. The van der Waals surface area contributed by atoms with E-state index in [2.05, 4.69) is 35.9 Å². The van der Waals surface area contributed by atoms with Gasteiger partial charge in [-0.2, -0.15) is 4.52 Å². The van der Waals surface area contributed by atoms with Crippen molar-refractivity contribution >= 4 is 28.4 Å². The van der Waals surface area contributed by atoms with E-state index in [1.807, 2.05) is 11.4 Å². The van der Waals surface area contributed by atoms with Crippen LogP contribution in [0.25, 0.3) is 16.7 Å². The second-order valence-electron chi connectivity index (χ2n) is 7.16. The summed E-state index contributed by atoms with van der Waals surface area (Å²) in [6, 6.07) is 4.14. The number of nitrogens with two attached hydrogens (primary N) is 1. The third kappa shape index (κ3) is 2.67. The first-order valence-corrected chi connectivity index (χ1v) is 9.18. The molecule has 0 saturated carbocycles. The van der Waals surface area contributed by atoms with Crippen LogP contribution in [0.1, 0.15) is 36.7 Å². The van der Waals surface area contributed by atoms with E-state index in [1.54, 1.807) is 0 Å². The van der Waals surface area contributed by atoms with Crippen molar-refractivity contribution in [1.29, 1.82) is 0 Å². The lowest BCUT2D eigenvalue weighted by Crippen LogP contribution is -2.42. The number of fused-ring (bicyclic) bond motifs is 3. The van der Waals surface area contributed by atoms with Gasteiger partial charge in [-0.1, -0.05) is 6.92 Å². The quantitative estimate of drug-likeness (QED) is 0.780. The van der Waals surface area contributed by atoms with Crippen molar-refractivity contribution in [3.63, 3.8) is 0 Å². The third-order valence-electron chi connectivity index (χ3n) is 5.22. The summed E-state index contributed by atoms with van der Waals surface area (Å²) in [7, 11) is 0. The molecule has 4 heterocycles. The number of carbonyl (C=O) groups is 1. The number of pyridine rings is 1. The Hall–Kier alpha value is -2.70. The van der Waals surface area contributed by atoms with Gasteiger partial charge in [-0.05, 0) is 44.7 Å². The number of carbonyl (C=O) groups excluding carboxylic acids is 1. The van der Waals surface area contributed by atoms with Crippen LogP contribution in [-0.4, -0.2) is 38.6 Å². The topological polar surface area (TPSA) is 89.4 Å². The largest absolute Gasteiger partial charge is 0.369 e. The summed E-state index contributed by atoms with van der Waals surface area (Å²) < 4.78 is 1.88. The summed E-state index contributed by atoms with van der Waals surface area (Å²) in [5, 5.41) is 5.74. The Morgan fingerprint density at radius 3 is 2.85 bits per heavy atom. The molecule has 0 aliphatic carbocycles. The van der Waals surface area contributed by atoms with Crippen LogP contribution in [0.3, 0.4) is 0 Å². The van der Waals surface area contributed by atoms with Crippen LogP contribution < -0.4 is 10.6 Å². The molecule has 1 atom stereocenters. The van der Waals surface area contributed by atoms with E-state index in [4.69, 9.17) is 15.8 Å². The molecule has 7 nitrogen and oxygen atoms in total. The molecule has 136 valence electrons. The second kappa shape index (κ2) is 6.23. The number of rotatable bonds is 3. The Morgan fingerprint density at radius 2 is 2.12 bits per heavy atom. The summed E-state index contributed by atoms with van der Waals surface area (Å²) in [6.07, 6.45) is 2.62. The lowest BCUT2D eigenvalue weighted by molar-refractivity contribution is -0.122. The Bertz CT molecular complexity index is 1010. The number of nitrogens with zero attached hydrogens (tertiary/aromatic N) is 5. The van der Waals surface area contributed by atoms with E-state index in [1.165, 1.54) is 0 Å². The Morgan fingerprint density at radius 1 is 1.31 bits per heavy atom. The van der Waals surface area contributed by atoms with Crippen LogP contribution >= 0.6 is 0 Å². The summed E-state index contributed by atoms with van der Waals surface area (Å²) in [5.74, 6) is 0.617. The van der Waals surface area contributed by atoms with E-state index < -0.39 is 0 Å². The van der Waals surface area contributed by atoms with Crippen molar-refractivity contribution in [2.45, 2.75) is 40.0 Å². The van der Waals surface area contributed by atoms with Crippen LogP contribution in [0.4, 0.5) is 5.82 Å². The second-order valence-corrected chi connectivity index (χ2v) is 7.16. The van der Waals surface area contributed by atoms with Gasteiger partial charge in [0.15, 0.2) is 11.3 Å². The van der Waals surface area contributed by atoms with Crippen molar-refractivity contribution in [3.05, 3.63) is 29.1 Å². The molecule has 1 aliphatic heterocycles. The number of hydrogen-bond acceptors (Lipinski definition) is 5. The number of anilines is 1. The van der Waals surface area contributed by atoms with E-state index in [-0.39, 0.29) is 11.8 Å². The van der Waals surface area contributed by atoms with Crippen LogP contribution in [-0.2, 0) is 11.2 Å². The van der Waals surface area contributed by atoms with Gasteiger partial charge in [0.2, 0.25) is 5.91 Å². The third-order valence-corrected chi connectivity index (χ3v) is 5.22. The number of piperidine rings is 1.